The molecule has 1 aromatic carbocycles. The number of rotatable bonds is 9. The van der Waals surface area contributed by atoms with Crippen LogP contribution in [0.2, 0.25) is 0 Å². The predicted octanol–water partition coefficient (Wildman–Crippen LogP) is 3.75. The number of ether oxygens (including phenoxy) is 1. The van der Waals surface area contributed by atoms with Gasteiger partial charge in [0.2, 0.25) is 0 Å². The summed E-state index contributed by atoms with van der Waals surface area (Å²) in [6, 6.07) is 8.61. The topological polar surface area (TPSA) is 85.2 Å². The van der Waals surface area contributed by atoms with E-state index in [0.717, 1.165) is 18.5 Å². The van der Waals surface area contributed by atoms with Crippen molar-refractivity contribution in [3.63, 3.8) is 0 Å². The van der Waals surface area contributed by atoms with Crippen LogP contribution in [0.15, 0.2) is 36.5 Å². The van der Waals surface area contributed by atoms with Crippen LogP contribution in [-0.4, -0.2) is 34.9 Å². The summed E-state index contributed by atoms with van der Waals surface area (Å²) in [5.74, 6) is -0.444. The van der Waals surface area contributed by atoms with Crippen LogP contribution in [0.5, 0.6) is 0 Å². The van der Waals surface area contributed by atoms with E-state index < -0.39 is 5.97 Å². The van der Waals surface area contributed by atoms with Crippen molar-refractivity contribution < 1.29 is 14.3 Å². The lowest BCUT2D eigenvalue weighted by molar-refractivity contribution is 0.0519. The molecule has 0 aliphatic carbocycles. The van der Waals surface area contributed by atoms with E-state index in [0.29, 0.717) is 18.8 Å². The molecular formula is C19H26N4O3. The van der Waals surface area contributed by atoms with Crippen LogP contribution in [0.4, 0.5) is 10.5 Å². The summed E-state index contributed by atoms with van der Waals surface area (Å²) in [5, 5.41) is 9.84. The summed E-state index contributed by atoms with van der Waals surface area (Å²) in [7, 11) is 0. The van der Waals surface area contributed by atoms with Crippen molar-refractivity contribution in [3.8, 4) is 5.69 Å². The third kappa shape index (κ3) is 5.91. The van der Waals surface area contributed by atoms with E-state index >= 15 is 0 Å². The summed E-state index contributed by atoms with van der Waals surface area (Å²) in [6.45, 7) is 4.90. The fourth-order valence-corrected chi connectivity index (χ4v) is 2.41. The molecule has 1 aromatic heterocycles. The van der Waals surface area contributed by atoms with Gasteiger partial charge in [-0.1, -0.05) is 26.2 Å². The summed E-state index contributed by atoms with van der Waals surface area (Å²) >= 11 is 0. The molecule has 0 atom stereocenters. The Morgan fingerprint density at radius 2 is 1.85 bits per heavy atom. The van der Waals surface area contributed by atoms with Gasteiger partial charge in [-0.3, -0.25) is 0 Å². The first-order valence-corrected chi connectivity index (χ1v) is 9.02. The van der Waals surface area contributed by atoms with E-state index in [1.54, 1.807) is 36.0 Å². The van der Waals surface area contributed by atoms with Crippen molar-refractivity contribution in [2.45, 2.75) is 39.5 Å². The Morgan fingerprint density at radius 3 is 2.54 bits per heavy atom. The van der Waals surface area contributed by atoms with Gasteiger partial charge in [0.05, 0.1) is 12.3 Å². The first kappa shape index (κ1) is 19.5. The van der Waals surface area contributed by atoms with E-state index in [1.807, 2.05) is 12.1 Å². The molecule has 2 aromatic rings. The number of nitrogens with one attached hydrogen (secondary N) is 2. The van der Waals surface area contributed by atoms with E-state index in [1.165, 1.54) is 12.8 Å². The Labute approximate surface area is 153 Å². The lowest BCUT2D eigenvalue weighted by Gasteiger charge is -2.08. The second-order valence-corrected chi connectivity index (χ2v) is 5.85. The number of esters is 1. The van der Waals surface area contributed by atoms with Crippen molar-refractivity contribution in [2.75, 3.05) is 18.5 Å². The van der Waals surface area contributed by atoms with Gasteiger partial charge in [-0.05, 0) is 43.7 Å². The van der Waals surface area contributed by atoms with Crippen LogP contribution in [0, 0.1) is 0 Å². The van der Waals surface area contributed by atoms with Gasteiger partial charge in [0.1, 0.15) is 0 Å². The Kier molecular flexibility index (Phi) is 7.67. The van der Waals surface area contributed by atoms with Gasteiger partial charge in [0.25, 0.3) is 0 Å². The van der Waals surface area contributed by atoms with E-state index in [9.17, 15) is 9.59 Å². The molecule has 0 radical (unpaired) electrons. The first-order valence-electron chi connectivity index (χ1n) is 9.02. The molecule has 0 fully saturated rings. The van der Waals surface area contributed by atoms with Crippen molar-refractivity contribution in [3.05, 3.63) is 42.2 Å². The minimum Gasteiger partial charge on any atom is -0.461 e. The molecule has 1 heterocycles. The van der Waals surface area contributed by atoms with Gasteiger partial charge < -0.3 is 15.4 Å². The molecule has 2 amide bonds. The maximum absolute atomic E-state index is 11.8. The Morgan fingerprint density at radius 1 is 1.08 bits per heavy atom. The molecule has 7 heteroatoms. The predicted molar refractivity (Wildman–Crippen MR) is 101 cm³/mol. The average molecular weight is 358 g/mol. The highest BCUT2D eigenvalue weighted by Gasteiger charge is 2.11. The fourth-order valence-electron chi connectivity index (χ4n) is 2.41. The van der Waals surface area contributed by atoms with Crippen LogP contribution < -0.4 is 10.6 Å². The maximum atomic E-state index is 11.8. The third-order valence-electron chi connectivity index (χ3n) is 3.78. The van der Waals surface area contributed by atoms with Gasteiger partial charge in [0.15, 0.2) is 5.69 Å². The van der Waals surface area contributed by atoms with Crippen LogP contribution >= 0.6 is 0 Å². The molecule has 0 bridgehead atoms. The maximum Gasteiger partial charge on any atom is 0.358 e. The minimum absolute atomic E-state index is 0.210. The third-order valence-corrected chi connectivity index (χ3v) is 3.78. The SMILES string of the molecule is CCCCCCNC(=O)Nc1ccc(-n2ccc(C(=O)OCC)n2)cc1. The Balaban J connectivity index is 1.86. The lowest BCUT2D eigenvalue weighted by Crippen LogP contribution is -2.29. The highest BCUT2D eigenvalue weighted by molar-refractivity contribution is 5.89. The fraction of sp³-hybridized carbons (Fsp3) is 0.421. The van der Waals surface area contributed by atoms with Gasteiger partial charge in [-0.15, -0.1) is 0 Å². The van der Waals surface area contributed by atoms with E-state index in [4.69, 9.17) is 4.74 Å². The van der Waals surface area contributed by atoms with Crippen LogP contribution in [0.1, 0.15) is 50.0 Å². The lowest BCUT2D eigenvalue weighted by atomic mass is 10.2. The molecular weight excluding hydrogens is 332 g/mol. The average Bonchev–Trinajstić information content (AvgIpc) is 3.13. The van der Waals surface area contributed by atoms with Crippen molar-refractivity contribution in [2.24, 2.45) is 0 Å². The normalized spacial score (nSPS) is 10.4. The highest BCUT2D eigenvalue weighted by atomic mass is 16.5. The van der Waals surface area contributed by atoms with E-state index in [2.05, 4.69) is 22.7 Å². The van der Waals surface area contributed by atoms with Crippen molar-refractivity contribution in [1.82, 2.24) is 15.1 Å². The van der Waals surface area contributed by atoms with Crippen LogP contribution in [0.25, 0.3) is 5.69 Å². The molecule has 0 saturated heterocycles. The largest absolute Gasteiger partial charge is 0.461 e. The van der Waals surface area contributed by atoms with Gasteiger partial charge >= 0.3 is 12.0 Å². The zero-order chi connectivity index (χ0) is 18.8. The molecule has 0 spiro atoms. The molecule has 0 aliphatic rings. The number of carbonyl (C=O) groups excluding carboxylic acids is 2. The summed E-state index contributed by atoms with van der Waals surface area (Å²) in [4.78, 5) is 23.5. The summed E-state index contributed by atoms with van der Waals surface area (Å²) < 4.78 is 6.51. The molecule has 2 N–H and O–H groups in total. The molecule has 0 unspecified atom stereocenters. The summed E-state index contributed by atoms with van der Waals surface area (Å²) in [5.41, 5.74) is 1.74. The minimum atomic E-state index is -0.444. The van der Waals surface area contributed by atoms with Gasteiger partial charge in [-0.25, -0.2) is 14.3 Å². The summed E-state index contributed by atoms with van der Waals surface area (Å²) in [6.07, 6.45) is 6.18. The number of aromatic nitrogens is 2. The molecule has 0 aliphatic heterocycles. The van der Waals surface area contributed by atoms with Gasteiger partial charge in [-0.2, -0.15) is 5.10 Å². The number of urea groups is 1. The Bertz CT molecular complexity index is 710. The molecule has 26 heavy (non-hydrogen) atoms. The van der Waals surface area contributed by atoms with Crippen LogP contribution in [0.3, 0.4) is 0 Å². The second-order valence-electron chi connectivity index (χ2n) is 5.85. The van der Waals surface area contributed by atoms with Crippen molar-refractivity contribution >= 4 is 17.7 Å². The quantitative estimate of drug-likeness (QED) is 0.528. The molecule has 0 saturated carbocycles. The highest BCUT2D eigenvalue weighted by Crippen LogP contribution is 2.13. The molecule has 2 rings (SSSR count). The smallest absolute Gasteiger partial charge is 0.358 e. The monoisotopic (exact) mass is 358 g/mol. The first-order chi connectivity index (χ1) is 12.6. The number of anilines is 1. The number of hydrogen-bond donors (Lipinski definition) is 2. The number of unbranched alkanes of at least 4 members (excludes halogenated alkanes) is 3. The van der Waals surface area contributed by atoms with Crippen molar-refractivity contribution in [1.29, 1.82) is 0 Å². The zero-order valence-corrected chi connectivity index (χ0v) is 15.3. The number of amides is 2. The van der Waals surface area contributed by atoms with E-state index in [-0.39, 0.29) is 11.7 Å². The number of hydrogen-bond acceptors (Lipinski definition) is 4. The number of benzene rings is 1. The number of carbonyl (C=O) groups is 2. The molecule has 7 nitrogen and oxygen atoms in total. The Hall–Kier alpha value is -2.83. The molecule has 140 valence electrons. The zero-order valence-electron chi connectivity index (χ0n) is 15.3. The van der Waals surface area contributed by atoms with Crippen LogP contribution in [-0.2, 0) is 4.74 Å². The standard InChI is InChI=1S/C19H26N4O3/c1-3-5-6-7-13-20-19(25)21-15-8-10-16(11-9-15)23-14-12-17(22-23)18(24)26-4-2/h8-12,14H,3-7,13H2,1-2H3,(H2,20,21,25). The van der Waals surface area contributed by atoms with Gasteiger partial charge in [0, 0.05) is 18.4 Å². The number of nitrogens with zero attached hydrogens (tertiary/aromatic N) is 2. The second kappa shape index (κ2) is 10.2.